The number of aliphatic hydroxyl groups excluding tert-OH is 1. The molecule has 0 radical (unpaired) electrons. The van der Waals surface area contributed by atoms with Crippen LogP contribution in [0.25, 0.3) is 16.6 Å². The van der Waals surface area contributed by atoms with Crippen LogP contribution in [0.5, 0.6) is 0 Å². The molecule has 4 nitrogen and oxygen atoms in total. The number of H-pyrrole nitrogens is 1. The van der Waals surface area contributed by atoms with Crippen molar-refractivity contribution in [1.82, 2.24) is 14.9 Å². The maximum Gasteiger partial charge on any atom is 0.137 e. The number of β-amino-alcohol motifs (C(OH)–C–C–N with tert-alkyl or cyclic N) is 1. The van der Waals surface area contributed by atoms with Crippen LogP contribution in [-0.4, -0.2) is 45.7 Å². The molecule has 1 aromatic carbocycles. The van der Waals surface area contributed by atoms with E-state index in [1.54, 1.807) is 6.20 Å². The largest absolute Gasteiger partial charge is 0.391 e. The van der Waals surface area contributed by atoms with Crippen molar-refractivity contribution in [3.05, 3.63) is 71.0 Å². The summed E-state index contributed by atoms with van der Waals surface area (Å²) in [6.07, 6.45) is 7.34. The first-order valence-electron chi connectivity index (χ1n) is 8.95. The molecule has 3 aromatic rings. The molecule has 0 spiro atoms. The maximum absolute atomic E-state index is 10.4. The van der Waals surface area contributed by atoms with E-state index in [2.05, 4.69) is 27.0 Å². The Morgan fingerprint density at radius 1 is 1.27 bits per heavy atom. The van der Waals surface area contributed by atoms with Gasteiger partial charge in [0.05, 0.1) is 6.10 Å². The van der Waals surface area contributed by atoms with E-state index in [0.29, 0.717) is 18.0 Å². The molecule has 26 heavy (non-hydrogen) atoms. The van der Waals surface area contributed by atoms with Crippen molar-refractivity contribution in [3.63, 3.8) is 0 Å². The van der Waals surface area contributed by atoms with Crippen molar-refractivity contribution >= 4 is 28.2 Å². The summed E-state index contributed by atoms with van der Waals surface area (Å²) in [5.74, 6) is 0. The lowest BCUT2D eigenvalue weighted by Gasteiger charge is -2.28. The minimum absolute atomic E-state index is 0.388. The van der Waals surface area contributed by atoms with Crippen LogP contribution < -0.4 is 0 Å². The van der Waals surface area contributed by atoms with Gasteiger partial charge in [-0.25, -0.2) is 4.98 Å². The number of halogens is 1. The van der Waals surface area contributed by atoms with Crippen molar-refractivity contribution in [1.29, 1.82) is 0 Å². The third kappa shape index (κ3) is 3.83. The summed E-state index contributed by atoms with van der Waals surface area (Å²) in [4.78, 5) is 9.90. The average Bonchev–Trinajstić information content (AvgIpc) is 3.06. The summed E-state index contributed by atoms with van der Waals surface area (Å²) in [7, 11) is 0. The SMILES string of the molecule is OC(Cc1cccc(Cl)c1)CN1CC=C(c2c[nH]c3ncccc23)CC1. The van der Waals surface area contributed by atoms with Crippen LogP contribution >= 0.6 is 11.6 Å². The quantitative estimate of drug-likeness (QED) is 0.718. The van der Waals surface area contributed by atoms with Gasteiger partial charge in [0.1, 0.15) is 5.65 Å². The molecular formula is C21H22ClN3O. The molecule has 3 heterocycles. The van der Waals surface area contributed by atoms with Crippen LogP contribution in [0.2, 0.25) is 5.02 Å². The number of rotatable bonds is 5. The van der Waals surface area contributed by atoms with Crippen molar-refractivity contribution in [2.24, 2.45) is 0 Å². The number of pyridine rings is 1. The monoisotopic (exact) mass is 367 g/mol. The van der Waals surface area contributed by atoms with Gasteiger partial charge in [-0.15, -0.1) is 0 Å². The second kappa shape index (κ2) is 7.62. The third-order valence-electron chi connectivity index (χ3n) is 4.92. The Kier molecular flexibility index (Phi) is 5.07. The van der Waals surface area contributed by atoms with Gasteiger partial charge >= 0.3 is 0 Å². The number of aromatic amines is 1. The Bertz CT molecular complexity index is 934. The topological polar surface area (TPSA) is 52.1 Å². The highest BCUT2D eigenvalue weighted by Gasteiger charge is 2.18. The third-order valence-corrected chi connectivity index (χ3v) is 5.15. The standard InChI is InChI=1S/C21H22ClN3O/c22-17-4-1-3-15(11-17)12-18(26)14-25-9-6-16(7-10-25)20-13-24-21-19(20)5-2-8-23-21/h1-6,8,11,13,18,26H,7,9-10,12,14H2,(H,23,24). The van der Waals surface area contributed by atoms with Gasteiger partial charge in [-0.05, 0) is 48.2 Å². The molecular weight excluding hydrogens is 346 g/mol. The van der Waals surface area contributed by atoms with E-state index < -0.39 is 0 Å². The Balaban J connectivity index is 1.38. The number of aliphatic hydroxyl groups is 1. The van der Waals surface area contributed by atoms with Gasteiger partial charge in [0, 0.05) is 48.0 Å². The van der Waals surface area contributed by atoms with E-state index in [1.807, 2.05) is 36.5 Å². The zero-order chi connectivity index (χ0) is 17.9. The second-order valence-corrected chi connectivity index (χ2v) is 7.27. The summed E-state index contributed by atoms with van der Waals surface area (Å²) in [6.45, 7) is 2.48. The van der Waals surface area contributed by atoms with Crippen molar-refractivity contribution in [2.45, 2.75) is 18.9 Å². The number of aromatic nitrogens is 2. The highest BCUT2D eigenvalue weighted by Crippen LogP contribution is 2.28. The molecule has 2 N–H and O–H groups in total. The lowest BCUT2D eigenvalue weighted by atomic mass is 9.99. The predicted octanol–water partition coefficient (Wildman–Crippen LogP) is 3.91. The Morgan fingerprint density at radius 2 is 2.19 bits per heavy atom. The summed E-state index contributed by atoms with van der Waals surface area (Å²) >= 11 is 6.02. The molecule has 0 amide bonds. The van der Waals surface area contributed by atoms with Gasteiger partial charge in [-0.3, -0.25) is 4.90 Å². The molecule has 2 aromatic heterocycles. The molecule has 0 fully saturated rings. The molecule has 0 saturated heterocycles. The Morgan fingerprint density at radius 3 is 3.00 bits per heavy atom. The first-order chi connectivity index (χ1) is 12.7. The predicted molar refractivity (Wildman–Crippen MR) is 106 cm³/mol. The van der Waals surface area contributed by atoms with Gasteiger partial charge in [-0.2, -0.15) is 0 Å². The van der Waals surface area contributed by atoms with Crippen LogP contribution in [-0.2, 0) is 6.42 Å². The van der Waals surface area contributed by atoms with E-state index in [1.165, 1.54) is 16.5 Å². The van der Waals surface area contributed by atoms with Crippen molar-refractivity contribution in [2.75, 3.05) is 19.6 Å². The maximum atomic E-state index is 10.4. The van der Waals surface area contributed by atoms with Crippen molar-refractivity contribution < 1.29 is 5.11 Å². The lowest BCUT2D eigenvalue weighted by Crippen LogP contribution is -2.36. The smallest absolute Gasteiger partial charge is 0.137 e. The lowest BCUT2D eigenvalue weighted by molar-refractivity contribution is 0.118. The van der Waals surface area contributed by atoms with Crippen LogP contribution in [0, 0.1) is 0 Å². The molecule has 1 aliphatic rings. The summed E-state index contributed by atoms with van der Waals surface area (Å²) in [5.41, 5.74) is 4.60. The molecule has 1 aliphatic heterocycles. The fourth-order valence-corrected chi connectivity index (χ4v) is 3.85. The van der Waals surface area contributed by atoms with Crippen LogP contribution in [0.15, 0.2) is 54.9 Å². The molecule has 134 valence electrons. The molecule has 4 rings (SSSR count). The normalized spacial score (nSPS) is 16.6. The number of nitrogens with one attached hydrogen (secondary N) is 1. The zero-order valence-corrected chi connectivity index (χ0v) is 15.3. The number of fused-ring (bicyclic) bond motifs is 1. The molecule has 1 atom stereocenters. The minimum Gasteiger partial charge on any atom is -0.391 e. The van der Waals surface area contributed by atoms with Gasteiger partial charge in [-0.1, -0.05) is 29.8 Å². The van der Waals surface area contributed by atoms with Gasteiger partial charge in [0.15, 0.2) is 0 Å². The highest BCUT2D eigenvalue weighted by atomic mass is 35.5. The van der Waals surface area contributed by atoms with Gasteiger partial charge in [0.25, 0.3) is 0 Å². The summed E-state index contributed by atoms with van der Waals surface area (Å²) in [5, 5.41) is 12.3. The number of hydrogen-bond acceptors (Lipinski definition) is 3. The number of benzene rings is 1. The van der Waals surface area contributed by atoms with E-state index in [-0.39, 0.29) is 6.10 Å². The van der Waals surface area contributed by atoms with E-state index in [9.17, 15) is 5.11 Å². The van der Waals surface area contributed by atoms with Crippen LogP contribution in [0.1, 0.15) is 17.5 Å². The zero-order valence-electron chi connectivity index (χ0n) is 14.5. The van der Waals surface area contributed by atoms with Gasteiger partial charge < -0.3 is 10.1 Å². The molecule has 0 saturated carbocycles. The molecule has 0 aliphatic carbocycles. The number of hydrogen-bond donors (Lipinski definition) is 2. The Labute approximate surface area is 158 Å². The van der Waals surface area contributed by atoms with E-state index in [4.69, 9.17) is 11.6 Å². The minimum atomic E-state index is -0.388. The van der Waals surface area contributed by atoms with Crippen LogP contribution in [0.4, 0.5) is 0 Å². The molecule has 5 heteroatoms. The fourth-order valence-electron chi connectivity index (χ4n) is 3.64. The average molecular weight is 368 g/mol. The van der Waals surface area contributed by atoms with Crippen LogP contribution in [0.3, 0.4) is 0 Å². The highest BCUT2D eigenvalue weighted by molar-refractivity contribution is 6.30. The van der Waals surface area contributed by atoms with Gasteiger partial charge in [0.2, 0.25) is 0 Å². The fraction of sp³-hybridized carbons (Fsp3) is 0.286. The van der Waals surface area contributed by atoms with Crippen molar-refractivity contribution in [3.8, 4) is 0 Å². The first-order valence-corrected chi connectivity index (χ1v) is 9.33. The molecule has 0 bridgehead atoms. The second-order valence-electron chi connectivity index (χ2n) is 6.83. The Hall–Kier alpha value is -2.14. The summed E-state index contributed by atoms with van der Waals surface area (Å²) < 4.78 is 0. The number of nitrogens with zero attached hydrogens (tertiary/aromatic N) is 2. The molecule has 1 unspecified atom stereocenters. The van der Waals surface area contributed by atoms with E-state index in [0.717, 1.165) is 30.7 Å². The summed E-state index contributed by atoms with van der Waals surface area (Å²) in [6, 6.07) is 11.8. The first kappa shape index (κ1) is 17.3. The van der Waals surface area contributed by atoms with E-state index >= 15 is 0 Å².